The summed E-state index contributed by atoms with van der Waals surface area (Å²) < 4.78 is 40.4. The number of hydrogen-bond donors (Lipinski definition) is 2. The quantitative estimate of drug-likeness (QED) is 0.866. The van der Waals surface area contributed by atoms with E-state index in [0.29, 0.717) is 17.7 Å². The van der Waals surface area contributed by atoms with Crippen molar-refractivity contribution in [3.63, 3.8) is 0 Å². The van der Waals surface area contributed by atoms with Crippen molar-refractivity contribution in [2.45, 2.75) is 31.2 Å². The minimum Gasteiger partial charge on any atom is -0.315 e. The molecule has 2 rings (SSSR count). The fraction of sp³-hybridized carbons (Fsp3) is 0.500. The fourth-order valence-corrected chi connectivity index (χ4v) is 4.08. The normalized spacial score (nSPS) is 20.3. The Balaban J connectivity index is 2.34. The Kier molecular flexibility index (Phi) is 3.70. The molecule has 1 aromatic rings. The van der Waals surface area contributed by atoms with Crippen LogP contribution in [0.4, 0.5) is 4.39 Å². The molecular weight excluding hydrogens is 255 g/mol. The van der Waals surface area contributed by atoms with E-state index in [-0.39, 0.29) is 10.9 Å². The van der Waals surface area contributed by atoms with Crippen molar-refractivity contribution in [1.29, 1.82) is 0 Å². The van der Waals surface area contributed by atoms with Crippen molar-refractivity contribution in [2.75, 3.05) is 13.1 Å². The number of nitrogens with one attached hydrogen (secondary N) is 2. The first-order valence-electron chi connectivity index (χ1n) is 5.90. The molecule has 0 spiro atoms. The van der Waals surface area contributed by atoms with Crippen LogP contribution < -0.4 is 10.0 Å². The molecule has 0 saturated carbocycles. The Morgan fingerprint density at radius 1 is 1.33 bits per heavy atom. The van der Waals surface area contributed by atoms with Crippen molar-refractivity contribution in [3.8, 4) is 0 Å². The predicted molar refractivity (Wildman–Crippen MR) is 67.5 cm³/mol. The topological polar surface area (TPSA) is 58.2 Å². The zero-order chi connectivity index (χ0) is 13.3. The zero-order valence-corrected chi connectivity index (χ0v) is 11.3. The molecule has 100 valence electrons. The van der Waals surface area contributed by atoms with Crippen molar-refractivity contribution in [1.82, 2.24) is 10.0 Å². The van der Waals surface area contributed by atoms with Gasteiger partial charge < -0.3 is 5.32 Å². The molecule has 0 unspecified atom stereocenters. The van der Waals surface area contributed by atoms with Crippen molar-refractivity contribution >= 4 is 10.0 Å². The summed E-state index contributed by atoms with van der Waals surface area (Å²) in [5.41, 5.74) is 0.872. The highest BCUT2D eigenvalue weighted by atomic mass is 32.2. The lowest BCUT2D eigenvalue weighted by molar-refractivity contribution is 0.558. The van der Waals surface area contributed by atoms with E-state index >= 15 is 0 Å². The summed E-state index contributed by atoms with van der Waals surface area (Å²) in [5.74, 6) is -0.411. The summed E-state index contributed by atoms with van der Waals surface area (Å²) in [6.45, 7) is 4.67. The predicted octanol–water partition coefficient (Wildman–Crippen LogP) is 1.08. The largest absolute Gasteiger partial charge is 0.315 e. The van der Waals surface area contributed by atoms with Crippen LogP contribution in [-0.4, -0.2) is 27.5 Å². The first kappa shape index (κ1) is 13.5. The lowest BCUT2D eigenvalue weighted by Crippen LogP contribution is -2.36. The standard InChI is InChI=1S/C12H17FN2O2S/c1-8-5-10(13)6-9(2)12(8)18(16,17)15-11-3-4-14-7-11/h5-6,11,14-15H,3-4,7H2,1-2H3/t11-/m1/s1. The third kappa shape index (κ3) is 2.71. The monoisotopic (exact) mass is 272 g/mol. The van der Waals surface area contributed by atoms with E-state index in [0.717, 1.165) is 13.0 Å². The smallest absolute Gasteiger partial charge is 0.241 e. The molecule has 2 N–H and O–H groups in total. The summed E-state index contributed by atoms with van der Waals surface area (Å²) in [6.07, 6.45) is 0.776. The second-order valence-corrected chi connectivity index (χ2v) is 6.33. The number of aryl methyl sites for hydroxylation is 2. The van der Waals surface area contributed by atoms with Gasteiger partial charge in [0.15, 0.2) is 0 Å². The maximum absolute atomic E-state index is 13.2. The summed E-state index contributed by atoms with van der Waals surface area (Å²) in [5, 5.41) is 3.10. The van der Waals surface area contributed by atoms with Gasteiger partial charge in [-0.25, -0.2) is 17.5 Å². The minimum atomic E-state index is -3.58. The molecule has 0 aromatic heterocycles. The third-order valence-electron chi connectivity index (χ3n) is 3.08. The van der Waals surface area contributed by atoms with Crippen molar-refractivity contribution in [2.24, 2.45) is 0 Å². The number of sulfonamides is 1. The molecule has 0 aliphatic carbocycles. The molecule has 1 aliphatic heterocycles. The van der Waals surface area contributed by atoms with Gasteiger partial charge in [0.2, 0.25) is 10.0 Å². The molecule has 1 aromatic carbocycles. The summed E-state index contributed by atoms with van der Waals surface area (Å²) in [6, 6.07) is 2.40. The van der Waals surface area contributed by atoms with Crippen LogP contribution in [0.15, 0.2) is 17.0 Å². The molecule has 1 aliphatic rings. The Morgan fingerprint density at radius 2 is 1.94 bits per heavy atom. The summed E-state index contributed by atoms with van der Waals surface area (Å²) in [7, 11) is -3.58. The van der Waals surface area contributed by atoms with Crippen LogP contribution in [-0.2, 0) is 10.0 Å². The lowest BCUT2D eigenvalue weighted by Gasteiger charge is -2.15. The third-order valence-corrected chi connectivity index (χ3v) is 4.90. The van der Waals surface area contributed by atoms with Gasteiger partial charge in [-0.1, -0.05) is 0 Å². The van der Waals surface area contributed by atoms with Gasteiger partial charge in [-0.05, 0) is 50.1 Å². The van der Waals surface area contributed by atoms with Crippen molar-refractivity contribution in [3.05, 3.63) is 29.1 Å². The average Bonchev–Trinajstić information content (AvgIpc) is 2.66. The van der Waals surface area contributed by atoms with Gasteiger partial charge in [-0.15, -0.1) is 0 Å². The molecule has 18 heavy (non-hydrogen) atoms. The van der Waals surface area contributed by atoms with Gasteiger partial charge in [-0.2, -0.15) is 0 Å². The van der Waals surface area contributed by atoms with E-state index in [2.05, 4.69) is 10.0 Å². The molecule has 1 saturated heterocycles. The van der Waals surface area contributed by atoms with Crippen LogP contribution in [0.5, 0.6) is 0 Å². The van der Waals surface area contributed by atoms with E-state index in [4.69, 9.17) is 0 Å². The van der Waals surface area contributed by atoms with Gasteiger partial charge in [0.05, 0.1) is 4.90 Å². The van der Waals surface area contributed by atoms with E-state index in [9.17, 15) is 12.8 Å². The molecule has 6 heteroatoms. The molecule has 1 fully saturated rings. The van der Waals surface area contributed by atoms with Crippen LogP contribution >= 0.6 is 0 Å². The molecular formula is C12H17FN2O2S. The first-order valence-corrected chi connectivity index (χ1v) is 7.38. The maximum Gasteiger partial charge on any atom is 0.241 e. The zero-order valence-electron chi connectivity index (χ0n) is 10.5. The van der Waals surface area contributed by atoms with E-state index in [1.807, 2.05) is 0 Å². The van der Waals surface area contributed by atoms with Gasteiger partial charge in [0.1, 0.15) is 5.82 Å². The highest BCUT2D eigenvalue weighted by molar-refractivity contribution is 7.89. The molecule has 0 amide bonds. The summed E-state index contributed by atoms with van der Waals surface area (Å²) in [4.78, 5) is 0.191. The molecule has 1 atom stereocenters. The second-order valence-electron chi connectivity index (χ2n) is 4.68. The van der Waals surface area contributed by atoms with Crippen LogP contribution in [0, 0.1) is 19.7 Å². The number of halogens is 1. The SMILES string of the molecule is Cc1cc(F)cc(C)c1S(=O)(=O)N[C@@H]1CCNC1. The van der Waals surface area contributed by atoms with E-state index in [1.54, 1.807) is 13.8 Å². The first-order chi connectivity index (χ1) is 8.40. The van der Waals surface area contributed by atoms with Crippen LogP contribution in [0.1, 0.15) is 17.5 Å². The Hall–Kier alpha value is -0.980. The van der Waals surface area contributed by atoms with Gasteiger partial charge in [0.25, 0.3) is 0 Å². The van der Waals surface area contributed by atoms with Crippen molar-refractivity contribution < 1.29 is 12.8 Å². The average molecular weight is 272 g/mol. The highest BCUT2D eigenvalue weighted by Crippen LogP contribution is 2.21. The van der Waals surface area contributed by atoms with Gasteiger partial charge in [0, 0.05) is 12.6 Å². The van der Waals surface area contributed by atoms with Crippen LogP contribution in [0.2, 0.25) is 0 Å². The minimum absolute atomic E-state index is 0.0844. The van der Waals surface area contributed by atoms with Crippen LogP contribution in [0.3, 0.4) is 0 Å². The Bertz CT molecular complexity index is 528. The Morgan fingerprint density at radius 3 is 2.44 bits per heavy atom. The molecule has 1 heterocycles. The lowest BCUT2D eigenvalue weighted by atomic mass is 10.1. The number of rotatable bonds is 3. The van der Waals surface area contributed by atoms with Gasteiger partial charge in [-0.3, -0.25) is 0 Å². The fourth-order valence-electron chi connectivity index (χ4n) is 2.35. The second kappa shape index (κ2) is 4.95. The summed E-state index contributed by atoms with van der Waals surface area (Å²) >= 11 is 0. The molecule has 0 bridgehead atoms. The molecule has 0 radical (unpaired) electrons. The van der Waals surface area contributed by atoms with E-state index < -0.39 is 15.8 Å². The Labute approximate surface area is 107 Å². The number of hydrogen-bond acceptors (Lipinski definition) is 3. The highest BCUT2D eigenvalue weighted by Gasteiger charge is 2.25. The number of benzene rings is 1. The van der Waals surface area contributed by atoms with Gasteiger partial charge >= 0.3 is 0 Å². The van der Waals surface area contributed by atoms with Crippen LogP contribution in [0.25, 0.3) is 0 Å². The van der Waals surface area contributed by atoms with E-state index in [1.165, 1.54) is 12.1 Å². The maximum atomic E-state index is 13.2. The molecule has 4 nitrogen and oxygen atoms in total.